The fourth-order valence-electron chi connectivity index (χ4n) is 4.20. The number of fused-ring (bicyclic) bond motifs is 3. The summed E-state index contributed by atoms with van der Waals surface area (Å²) in [5.41, 5.74) is 5.16. The van der Waals surface area contributed by atoms with Crippen molar-refractivity contribution in [3.63, 3.8) is 0 Å². The number of hydrogen-bond donors (Lipinski definition) is 1. The Labute approximate surface area is 153 Å². The molecule has 3 atom stereocenters. The minimum Gasteiger partial charge on any atom is -0.377 e. The van der Waals surface area contributed by atoms with Gasteiger partial charge in [-0.2, -0.15) is 0 Å². The van der Waals surface area contributed by atoms with Crippen LogP contribution in [-0.2, 0) is 0 Å². The summed E-state index contributed by atoms with van der Waals surface area (Å²) in [4.78, 5) is 0. The van der Waals surface area contributed by atoms with Gasteiger partial charge < -0.3 is 5.32 Å². The SMILES string of the molecule is CC(C)c1cccc2c1N[C@H](c1cccc(Cl)c1Cl)[C@H]1CC=C[C@H]21. The maximum absolute atomic E-state index is 6.55. The average Bonchev–Trinajstić information content (AvgIpc) is 3.06. The second kappa shape index (κ2) is 6.13. The lowest BCUT2D eigenvalue weighted by Gasteiger charge is -2.39. The fraction of sp³-hybridized carbons (Fsp3) is 0.333. The fourth-order valence-corrected chi connectivity index (χ4v) is 4.62. The zero-order valence-electron chi connectivity index (χ0n) is 13.9. The number of halogens is 2. The third-order valence-electron chi connectivity index (χ3n) is 5.37. The molecular weight excluding hydrogens is 337 g/mol. The van der Waals surface area contributed by atoms with E-state index >= 15 is 0 Å². The van der Waals surface area contributed by atoms with E-state index in [1.54, 1.807) is 0 Å². The zero-order valence-corrected chi connectivity index (χ0v) is 15.4. The molecule has 0 amide bonds. The van der Waals surface area contributed by atoms with Crippen LogP contribution in [0.3, 0.4) is 0 Å². The number of benzene rings is 2. The van der Waals surface area contributed by atoms with Gasteiger partial charge in [0.2, 0.25) is 0 Å². The predicted molar refractivity (Wildman–Crippen MR) is 103 cm³/mol. The van der Waals surface area contributed by atoms with E-state index in [2.05, 4.69) is 55.6 Å². The van der Waals surface area contributed by atoms with Crippen molar-refractivity contribution in [2.45, 2.75) is 38.1 Å². The van der Waals surface area contributed by atoms with Crippen molar-refractivity contribution in [2.75, 3.05) is 5.32 Å². The normalized spacial score (nSPS) is 24.6. The maximum atomic E-state index is 6.55. The number of hydrogen-bond acceptors (Lipinski definition) is 1. The molecule has 4 rings (SSSR count). The Bertz CT molecular complexity index is 809. The number of nitrogens with one attached hydrogen (secondary N) is 1. The van der Waals surface area contributed by atoms with E-state index in [4.69, 9.17) is 23.2 Å². The van der Waals surface area contributed by atoms with E-state index in [1.807, 2.05) is 12.1 Å². The summed E-state index contributed by atoms with van der Waals surface area (Å²) in [6.45, 7) is 4.49. The van der Waals surface area contributed by atoms with Gasteiger partial charge in [-0.3, -0.25) is 0 Å². The standard InChI is InChI=1S/C21H21Cl2N/c1-12(2)13-6-3-8-15-14-7-4-9-16(14)21(24-20(13)15)17-10-5-11-18(22)19(17)23/h3-8,10-12,14,16,21,24H,9H2,1-2H3/t14-,16+,21+/m1/s1. The molecule has 2 aromatic carbocycles. The van der Waals surface area contributed by atoms with Gasteiger partial charge in [0.25, 0.3) is 0 Å². The molecule has 2 aliphatic rings. The summed E-state index contributed by atoms with van der Waals surface area (Å²) in [5, 5.41) is 5.12. The molecule has 0 saturated carbocycles. The van der Waals surface area contributed by atoms with Gasteiger partial charge >= 0.3 is 0 Å². The molecule has 0 fully saturated rings. The van der Waals surface area contributed by atoms with E-state index < -0.39 is 0 Å². The second-order valence-electron chi connectivity index (χ2n) is 7.08. The van der Waals surface area contributed by atoms with E-state index in [-0.39, 0.29) is 6.04 Å². The van der Waals surface area contributed by atoms with Crippen LogP contribution in [-0.4, -0.2) is 0 Å². The zero-order chi connectivity index (χ0) is 16.8. The molecule has 24 heavy (non-hydrogen) atoms. The Morgan fingerprint density at radius 2 is 1.79 bits per heavy atom. The van der Waals surface area contributed by atoms with Crippen molar-refractivity contribution in [3.8, 4) is 0 Å². The molecule has 2 aromatic rings. The number of anilines is 1. The van der Waals surface area contributed by atoms with E-state index in [0.29, 0.717) is 27.8 Å². The molecule has 0 saturated heterocycles. The van der Waals surface area contributed by atoms with Crippen LogP contribution in [0.2, 0.25) is 10.0 Å². The highest BCUT2D eigenvalue weighted by molar-refractivity contribution is 6.42. The summed E-state index contributed by atoms with van der Waals surface area (Å²) in [6.07, 6.45) is 5.73. The molecule has 0 aromatic heterocycles. The summed E-state index contributed by atoms with van der Waals surface area (Å²) in [6, 6.07) is 12.8. The highest BCUT2D eigenvalue weighted by Gasteiger charge is 2.39. The topological polar surface area (TPSA) is 12.0 Å². The van der Waals surface area contributed by atoms with Crippen LogP contribution in [0.4, 0.5) is 5.69 Å². The molecular formula is C21H21Cl2N. The number of rotatable bonds is 2. The molecule has 0 radical (unpaired) electrons. The molecule has 1 aliphatic heterocycles. The molecule has 1 nitrogen and oxygen atoms in total. The van der Waals surface area contributed by atoms with Crippen LogP contribution in [0, 0.1) is 5.92 Å². The van der Waals surface area contributed by atoms with Crippen LogP contribution in [0.1, 0.15) is 54.8 Å². The first-order valence-electron chi connectivity index (χ1n) is 8.58. The molecule has 0 spiro atoms. The van der Waals surface area contributed by atoms with Gasteiger partial charge in [0.15, 0.2) is 0 Å². The van der Waals surface area contributed by atoms with Crippen molar-refractivity contribution < 1.29 is 0 Å². The van der Waals surface area contributed by atoms with Crippen molar-refractivity contribution >= 4 is 28.9 Å². The average molecular weight is 358 g/mol. The van der Waals surface area contributed by atoms with Crippen LogP contribution in [0.15, 0.2) is 48.6 Å². The van der Waals surface area contributed by atoms with Crippen LogP contribution in [0.25, 0.3) is 0 Å². The predicted octanol–water partition coefficient (Wildman–Crippen LogP) is 6.94. The van der Waals surface area contributed by atoms with Crippen LogP contribution >= 0.6 is 23.2 Å². The van der Waals surface area contributed by atoms with E-state index in [9.17, 15) is 0 Å². The molecule has 3 heteroatoms. The molecule has 124 valence electrons. The number of para-hydroxylation sites is 1. The molecule has 1 aliphatic carbocycles. The molecule has 0 bridgehead atoms. The van der Waals surface area contributed by atoms with Crippen molar-refractivity contribution in [1.29, 1.82) is 0 Å². The van der Waals surface area contributed by atoms with Gasteiger partial charge in [-0.05, 0) is 41.0 Å². The Morgan fingerprint density at radius 3 is 2.58 bits per heavy atom. The van der Waals surface area contributed by atoms with E-state index in [1.165, 1.54) is 16.8 Å². The Balaban J connectivity index is 1.86. The first-order valence-corrected chi connectivity index (χ1v) is 9.33. The van der Waals surface area contributed by atoms with Gasteiger partial charge in [0, 0.05) is 11.6 Å². The van der Waals surface area contributed by atoms with Crippen molar-refractivity contribution in [2.24, 2.45) is 5.92 Å². The lowest BCUT2D eigenvalue weighted by Crippen LogP contribution is -2.30. The summed E-state index contributed by atoms with van der Waals surface area (Å²) in [5.74, 6) is 1.40. The van der Waals surface area contributed by atoms with Gasteiger partial charge in [0.1, 0.15) is 0 Å². The van der Waals surface area contributed by atoms with E-state index in [0.717, 1.165) is 12.0 Å². The van der Waals surface area contributed by atoms with Gasteiger partial charge in [-0.1, -0.05) is 79.5 Å². The van der Waals surface area contributed by atoms with Gasteiger partial charge in [-0.25, -0.2) is 0 Å². The summed E-state index contributed by atoms with van der Waals surface area (Å²) < 4.78 is 0. The highest BCUT2D eigenvalue weighted by Crippen LogP contribution is 2.52. The maximum Gasteiger partial charge on any atom is 0.0645 e. The summed E-state index contributed by atoms with van der Waals surface area (Å²) in [7, 11) is 0. The highest BCUT2D eigenvalue weighted by atomic mass is 35.5. The largest absolute Gasteiger partial charge is 0.377 e. The summed E-state index contributed by atoms with van der Waals surface area (Å²) >= 11 is 12.8. The second-order valence-corrected chi connectivity index (χ2v) is 7.87. The molecule has 1 heterocycles. The lowest BCUT2D eigenvalue weighted by molar-refractivity contribution is 0.424. The Hall–Kier alpha value is -1.44. The van der Waals surface area contributed by atoms with Crippen molar-refractivity contribution in [3.05, 3.63) is 75.3 Å². The molecule has 1 N–H and O–H groups in total. The quantitative estimate of drug-likeness (QED) is 0.573. The lowest BCUT2D eigenvalue weighted by atomic mass is 9.75. The Morgan fingerprint density at radius 1 is 1.04 bits per heavy atom. The smallest absolute Gasteiger partial charge is 0.0645 e. The number of allylic oxidation sites excluding steroid dienone is 2. The third-order valence-corrected chi connectivity index (χ3v) is 6.20. The van der Waals surface area contributed by atoms with Crippen LogP contribution in [0.5, 0.6) is 0 Å². The monoisotopic (exact) mass is 357 g/mol. The van der Waals surface area contributed by atoms with Gasteiger partial charge in [0.05, 0.1) is 16.1 Å². The minimum atomic E-state index is 0.184. The third kappa shape index (κ3) is 2.46. The van der Waals surface area contributed by atoms with Crippen molar-refractivity contribution in [1.82, 2.24) is 0 Å². The Kier molecular flexibility index (Phi) is 4.10. The molecule has 0 unspecified atom stereocenters. The first kappa shape index (κ1) is 16.1. The van der Waals surface area contributed by atoms with Crippen LogP contribution < -0.4 is 5.32 Å². The first-order chi connectivity index (χ1) is 11.6. The van der Waals surface area contributed by atoms with Gasteiger partial charge in [-0.15, -0.1) is 0 Å². The minimum absolute atomic E-state index is 0.184.